The van der Waals surface area contributed by atoms with E-state index in [1.54, 1.807) is 6.92 Å². The van der Waals surface area contributed by atoms with Crippen molar-refractivity contribution in [2.75, 3.05) is 31.0 Å². The predicted octanol–water partition coefficient (Wildman–Crippen LogP) is 4.92. The van der Waals surface area contributed by atoms with Crippen LogP contribution < -0.4 is 23.8 Å². The van der Waals surface area contributed by atoms with Gasteiger partial charge in [0.15, 0.2) is 17.3 Å². The lowest BCUT2D eigenvalue weighted by Crippen LogP contribution is -2.26. The van der Waals surface area contributed by atoms with Crippen molar-refractivity contribution in [3.63, 3.8) is 0 Å². The molecule has 0 aliphatic heterocycles. The average Bonchev–Trinajstić information content (AvgIpc) is 3.46. The molecule has 40 heavy (non-hydrogen) atoms. The highest BCUT2D eigenvalue weighted by molar-refractivity contribution is 7.92. The van der Waals surface area contributed by atoms with Gasteiger partial charge < -0.3 is 18.7 Å². The highest BCUT2D eigenvalue weighted by Gasteiger charge is 2.26. The van der Waals surface area contributed by atoms with E-state index < -0.39 is 27.6 Å². The van der Waals surface area contributed by atoms with E-state index in [9.17, 15) is 17.6 Å². The maximum atomic E-state index is 15.6. The number of sulfonamides is 1. The lowest BCUT2D eigenvalue weighted by Gasteiger charge is -2.24. The van der Waals surface area contributed by atoms with Crippen LogP contribution in [0.1, 0.15) is 13.3 Å². The Bertz CT molecular complexity index is 1600. The van der Waals surface area contributed by atoms with Crippen LogP contribution in [0.4, 0.5) is 26.1 Å². The lowest BCUT2D eigenvalue weighted by molar-refractivity contribution is -0.117. The fourth-order valence-electron chi connectivity index (χ4n) is 3.80. The molecule has 0 bridgehead atoms. The Morgan fingerprint density at radius 2 is 1.68 bits per heavy atom. The minimum absolute atomic E-state index is 0.00826. The number of carbonyl (C=O) groups excluding carboxylic acids is 1. The highest BCUT2D eigenvalue weighted by Crippen LogP contribution is 2.41. The van der Waals surface area contributed by atoms with Crippen LogP contribution >= 0.6 is 0 Å². The summed E-state index contributed by atoms with van der Waals surface area (Å²) in [6.07, 6.45) is 2.25. The Morgan fingerprint density at radius 3 is 2.20 bits per heavy atom. The molecule has 14 heteroatoms. The molecule has 0 aliphatic carbocycles. The first-order valence-electron chi connectivity index (χ1n) is 11.6. The molecule has 2 aromatic carbocycles. The average molecular weight is 575 g/mol. The van der Waals surface area contributed by atoms with Gasteiger partial charge in [-0.05, 0) is 35.9 Å². The summed E-state index contributed by atoms with van der Waals surface area (Å²) in [4.78, 5) is 18.1. The van der Waals surface area contributed by atoms with Crippen molar-refractivity contribution >= 4 is 33.3 Å². The molecule has 0 fully saturated rings. The third kappa shape index (κ3) is 5.52. The fraction of sp³-hybridized carbons (Fsp3) is 0.192. The number of amides is 1. The van der Waals surface area contributed by atoms with E-state index in [1.165, 1.54) is 64.0 Å². The summed E-state index contributed by atoms with van der Waals surface area (Å²) >= 11 is 0. The Hall–Kier alpha value is -4.72. The van der Waals surface area contributed by atoms with E-state index >= 15 is 4.39 Å². The van der Waals surface area contributed by atoms with Crippen LogP contribution in [-0.2, 0) is 14.8 Å². The summed E-state index contributed by atoms with van der Waals surface area (Å²) in [5.74, 6) is -2.21. The smallest absolute Gasteiger partial charge is 0.264 e. The first-order valence-corrected chi connectivity index (χ1v) is 13.1. The number of anilines is 3. The molecule has 0 spiro atoms. The number of pyridine rings is 1. The molecule has 0 unspecified atom stereocenters. The van der Waals surface area contributed by atoms with Gasteiger partial charge in [0.05, 0.1) is 27.0 Å². The summed E-state index contributed by atoms with van der Waals surface area (Å²) in [6, 6.07) is 8.87. The van der Waals surface area contributed by atoms with Crippen LogP contribution in [0.5, 0.6) is 17.2 Å². The maximum Gasteiger partial charge on any atom is 0.264 e. The molecule has 0 atom stereocenters. The summed E-state index contributed by atoms with van der Waals surface area (Å²) < 4.78 is 77.7. The molecule has 0 radical (unpaired) electrons. The van der Waals surface area contributed by atoms with E-state index in [-0.39, 0.29) is 57.0 Å². The quantitative estimate of drug-likeness (QED) is 0.280. The molecule has 0 saturated heterocycles. The second kappa shape index (κ2) is 11.6. The monoisotopic (exact) mass is 574 g/mol. The largest absolute Gasteiger partial charge is 0.495 e. The molecule has 2 aromatic heterocycles. The zero-order valence-electron chi connectivity index (χ0n) is 21.8. The van der Waals surface area contributed by atoms with Gasteiger partial charge in [0.2, 0.25) is 11.7 Å². The number of methoxy groups -OCH3 is 3. The van der Waals surface area contributed by atoms with Gasteiger partial charge in [0.25, 0.3) is 10.0 Å². The molecule has 0 aliphatic rings. The number of nitrogens with zero attached hydrogens (tertiary/aromatic N) is 3. The third-order valence-electron chi connectivity index (χ3n) is 5.75. The van der Waals surface area contributed by atoms with Crippen LogP contribution in [0.2, 0.25) is 0 Å². The fourth-order valence-corrected chi connectivity index (χ4v) is 4.73. The summed E-state index contributed by atoms with van der Waals surface area (Å²) in [5.41, 5.74) is 0.271. The van der Waals surface area contributed by atoms with Gasteiger partial charge in [0.1, 0.15) is 28.5 Å². The van der Waals surface area contributed by atoms with Gasteiger partial charge in [-0.15, -0.1) is 0 Å². The van der Waals surface area contributed by atoms with E-state index in [2.05, 4.69) is 19.4 Å². The normalized spacial score (nSPS) is 11.2. The first kappa shape index (κ1) is 28.3. The standard InChI is InChI=1S/C26H24F2N4O7S/c1-5-25(33)32(24-7-6-16(14-29-24)40(34,35)31-23-8-9-39-30-23)19-13-18(27)17(12-20(19)36-2)15-10-21(37-3)26(28)22(11-15)38-4/h6-14H,5H2,1-4H3,(H,30,31). The van der Waals surface area contributed by atoms with Gasteiger partial charge in [-0.2, -0.15) is 4.39 Å². The number of nitrogens with one attached hydrogen (secondary N) is 1. The topological polar surface area (TPSA) is 133 Å². The minimum Gasteiger partial charge on any atom is -0.495 e. The molecule has 210 valence electrons. The van der Waals surface area contributed by atoms with Crippen LogP contribution in [0.3, 0.4) is 0 Å². The van der Waals surface area contributed by atoms with E-state index in [4.69, 9.17) is 14.2 Å². The zero-order chi connectivity index (χ0) is 29.0. The summed E-state index contributed by atoms with van der Waals surface area (Å²) in [5, 5.41) is 3.51. The summed E-state index contributed by atoms with van der Waals surface area (Å²) in [6.45, 7) is 1.60. The Morgan fingerprint density at radius 1 is 1.00 bits per heavy atom. The van der Waals surface area contributed by atoms with Crippen LogP contribution in [0.25, 0.3) is 11.1 Å². The lowest BCUT2D eigenvalue weighted by atomic mass is 10.0. The van der Waals surface area contributed by atoms with Crippen molar-refractivity contribution < 1.29 is 40.7 Å². The molecular weight excluding hydrogens is 550 g/mol. The molecular formula is C26H24F2N4O7S. The highest BCUT2D eigenvalue weighted by atomic mass is 32.2. The SMILES string of the molecule is CCC(=O)N(c1ccc(S(=O)(=O)Nc2ccon2)cn1)c1cc(F)c(-c2cc(OC)c(F)c(OC)c2)cc1OC. The van der Waals surface area contributed by atoms with Crippen LogP contribution in [0, 0.1) is 11.6 Å². The van der Waals surface area contributed by atoms with Gasteiger partial charge >= 0.3 is 0 Å². The van der Waals surface area contributed by atoms with Gasteiger partial charge in [-0.25, -0.2) is 17.8 Å². The third-order valence-corrected chi connectivity index (χ3v) is 7.09. The number of rotatable bonds is 10. The van der Waals surface area contributed by atoms with Crippen molar-refractivity contribution in [2.24, 2.45) is 0 Å². The molecule has 1 N–H and O–H groups in total. The van der Waals surface area contributed by atoms with Crippen molar-refractivity contribution in [3.05, 3.63) is 66.6 Å². The first-order chi connectivity index (χ1) is 19.1. The van der Waals surface area contributed by atoms with Crippen LogP contribution in [0.15, 0.2) is 64.3 Å². The molecule has 2 heterocycles. The molecule has 1 amide bonds. The van der Waals surface area contributed by atoms with E-state index in [0.717, 1.165) is 17.2 Å². The number of hydrogen-bond donors (Lipinski definition) is 1. The Balaban J connectivity index is 1.77. The Kier molecular flexibility index (Phi) is 8.18. The van der Waals surface area contributed by atoms with Gasteiger partial charge in [-0.3, -0.25) is 14.4 Å². The van der Waals surface area contributed by atoms with E-state index in [1.807, 2.05) is 0 Å². The van der Waals surface area contributed by atoms with E-state index in [0.29, 0.717) is 0 Å². The van der Waals surface area contributed by atoms with Gasteiger partial charge in [0, 0.05) is 30.3 Å². The van der Waals surface area contributed by atoms with Gasteiger partial charge in [-0.1, -0.05) is 12.1 Å². The molecule has 4 aromatic rings. The molecule has 0 saturated carbocycles. The van der Waals surface area contributed by atoms with Crippen molar-refractivity contribution in [1.29, 1.82) is 0 Å². The summed E-state index contributed by atoms with van der Waals surface area (Å²) in [7, 11) is -0.189. The minimum atomic E-state index is -4.06. The van der Waals surface area contributed by atoms with Crippen LogP contribution in [-0.4, -0.2) is 45.8 Å². The van der Waals surface area contributed by atoms with Crippen molar-refractivity contribution in [3.8, 4) is 28.4 Å². The second-order valence-corrected chi connectivity index (χ2v) is 9.81. The molecule has 11 nitrogen and oxygen atoms in total. The molecule has 4 rings (SSSR count). The number of hydrogen-bond acceptors (Lipinski definition) is 9. The second-order valence-electron chi connectivity index (χ2n) is 8.12. The number of benzene rings is 2. The number of aromatic nitrogens is 2. The number of ether oxygens (including phenoxy) is 3. The zero-order valence-corrected chi connectivity index (χ0v) is 22.6. The van der Waals surface area contributed by atoms with Crippen molar-refractivity contribution in [2.45, 2.75) is 18.2 Å². The predicted molar refractivity (Wildman–Crippen MR) is 140 cm³/mol. The van der Waals surface area contributed by atoms with Crippen molar-refractivity contribution in [1.82, 2.24) is 10.1 Å². The Labute approximate surface area is 228 Å². The maximum absolute atomic E-state index is 15.6. The number of carbonyl (C=O) groups is 1. The number of halogens is 2.